The fourth-order valence-corrected chi connectivity index (χ4v) is 4.63. The molecule has 2 amide bonds. The molecule has 1 N–H and O–H groups in total. The molecule has 1 fully saturated rings. The Morgan fingerprint density at radius 1 is 1.14 bits per heavy atom. The van der Waals surface area contributed by atoms with Crippen molar-refractivity contribution in [3.63, 3.8) is 0 Å². The monoisotopic (exact) mass is 522 g/mol. The van der Waals surface area contributed by atoms with E-state index in [2.05, 4.69) is 10.3 Å². The van der Waals surface area contributed by atoms with Crippen LogP contribution in [-0.4, -0.2) is 34.0 Å². The summed E-state index contributed by atoms with van der Waals surface area (Å²) < 4.78 is 50.8. The van der Waals surface area contributed by atoms with Crippen molar-refractivity contribution >= 4 is 40.2 Å². The van der Waals surface area contributed by atoms with Gasteiger partial charge in [-0.15, -0.1) is 11.3 Å². The standard InChI is InChI=1S/C23H17F3N2O5S2/c24-23(25,26)15-3-1-2-14(9-15)18(33-21(30)17-11-34-12-27-17)10-32-16-6-4-13(5-7-16)8-19-20(29)28-22(31)35-19/h1-7,9,11-12,18-19H,8,10H2,(H,28,29,31)/t18-,19?/m0/s1. The molecule has 0 spiro atoms. The lowest BCUT2D eigenvalue weighted by Gasteiger charge is -2.20. The summed E-state index contributed by atoms with van der Waals surface area (Å²) in [7, 11) is 0. The Morgan fingerprint density at radius 3 is 2.54 bits per heavy atom. The molecule has 1 saturated heterocycles. The Balaban J connectivity index is 1.46. The second-order valence-corrected chi connectivity index (χ2v) is 9.33. The lowest BCUT2D eigenvalue weighted by molar-refractivity contribution is -0.137. The minimum Gasteiger partial charge on any atom is -0.489 e. The molecule has 2 heterocycles. The minimum absolute atomic E-state index is 0.0450. The third-order valence-electron chi connectivity index (χ3n) is 4.99. The molecular weight excluding hydrogens is 505 g/mol. The van der Waals surface area contributed by atoms with Gasteiger partial charge in [-0.3, -0.25) is 14.9 Å². The van der Waals surface area contributed by atoms with Crippen molar-refractivity contribution in [2.75, 3.05) is 6.61 Å². The van der Waals surface area contributed by atoms with Crippen LogP contribution in [0.15, 0.2) is 59.4 Å². The Kier molecular flexibility index (Phi) is 7.41. The van der Waals surface area contributed by atoms with Crippen molar-refractivity contribution in [2.45, 2.75) is 24.0 Å². The molecule has 35 heavy (non-hydrogen) atoms. The van der Waals surface area contributed by atoms with Gasteiger partial charge in [0.05, 0.1) is 16.3 Å². The van der Waals surface area contributed by atoms with E-state index < -0.39 is 29.1 Å². The SMILES string of the molecule is O=C1NC(=O)C(Cc2ccc(OC[C@H](OC(=O)c3cscn3)c3cccc(C(F)(F)F)c3)cc2)S1. The zero-order valence-corrected chi connectivity index (χ0v) is 19.4. The average molecular weight is 523 g/mol. The molecule has 2 atom stereocenters. The number of carbonyl (C=O) groups is 3. The highest BCUT2D eigenvalue weighted by molar-refractivity contribution is 8.15. The first-order valence-electron chi connectivity index (χ1n) is 10.2. The van der Waals surface area contributed by atoms with Gasteiger partial charge < -0.3 is 9.47 Å². The molecule has 2 aromatic carbocycles. The molecule has 0 radical (unpaired) electrons. The number of imide groups is 1. The summed E-state index contributed by atoms with van der Waals surface area (Å²) in [6.45, 7) is -0.244. The van der Waals surface area contributed by atoms with Crippen LogP contribution in [0.25, 0.3) is 0 Å². The van der Waals surface area contributed by atoms with E-state index in [1.54, 1.807) is 24.3 Å². The van der Waals surface area contributed by atoms with Crippen LogP contribution in [0.5, 0.6) is 5.75 Å². The number of benzene rings is 2. The third-order valence-corrected chi connectivity index (χ3v) is 6.56. The molecule has 0 saturated carbocycles. The number of nitrogens with one attached hydrogen (secondary N) is 1. The van der Waals surface area contributed by atoms with Gasteiger partial charge in [0.2, 0.25) is 5.91 Å². The first-order chi connectivity index (χ1) is 16.7. The number of carbonyl (C=O) groups excluding carboxylic acids is 3. The molecule has 3 aromatic rings. The second-order valence-electron chi connectivity index (χ2n) is 7.43. The summed E-state index contributed by atoms with van der Waals surface area (Å²) >= 11 is 2.11. The van der Waals surface area contributed by atoms with E-state index in [0.717, 1.165) is 29.5 Å². The molecule has 1 aliphatic heterocycles. The van der Waals surface area contributed by atoms with Crippen LogP contribution in [0.1, 0.15) is 33.3 Å². The fraction of sp³-hybridized carbons (Fsp3) is 0.217. The number of thioether (sulfide) groups is 1. The molecule has 0 aliphatic carbocycles. The third kappa shape index (κ3) is 6.40. The fourth-order valence-electron chi connectivity index (χ4n) is 3.25. The van der Waals surface area contributed by atoms with E-state index in [1.165, 1.54) is 34.4 Å². The summed E-state index contributed by atoms with van der Waals surface area (Å²) in [4.78, 5) is 39.3. The maximum absolute atomic E-state index is 13.2. The summed E-state index contributed by atoms with van der Waals surface area (Å²) in [6.07, 6.45) is -5.34. The highest BCUT2D eigenvalue weighted by atomic mass is 32.2. The molecule has 0 bridgehead atoms. The van der Waals surface area contributed by atoms with Gasteiger partial charge in [0.1, 0.15) is 12.4 Å². The van der Waals surface area contributed by atoms with Gasteiger partial charge in [-0.2, -0.15) is 13.2 Å². The van der Waals surface area contributed by atoms with Crippen molar-refractivity contribution in [3.05, 3.63) is 81.8 Å². The lowest BCUT2D eigenvalue weighted by Crippen LogP contribution is -2.25. The molecule has 7 nitrogen and oxygen atoms in total. The molecule has 1 aliphatic rings. The van der Waals surface area contributed by atoms with E-state index in [0.29, 0.717) is 12.2 Å². The van der Waals surface area contributed by atoms with Gasteiger partial charge in [0, 0.05) is 5.38 Å². The van der Waals surface area contributed by atoms with E-state index in [9.17, 15) is 27.6 Å². The van der Waals surface area contributed by atoms with E-state index in [-0.39, 0.29) is 29.0 Å². The number of halogens is 3. The first kappa shape index (κ1) is 24.7. The van der Waals surface area contributed by atoms with E-state index in [1.807, 2.05) is 0 Å². The summed E-state index contributed by atoms with van der Waals surface area (Å²) in [5.41, 5.74) is 1.53. The van der Waals surface area contributed by atoms with Crippen LogP contribution in [0.2, 0.25) is 0 Å². The van der Waals surface area contributed by atoms with E-state index >= 15 is 0 Å². The number of ether oxygens (including phenoxy) is 2. The van der Waals surface area contributed by atoms with Crippen molar-refractivity contribution in [2.24, 2.45) is 0 Å². The number of amides is 2. The first-order valence-corrected chi connectivity index (χ1v) is 12.0. The van der Waals surface area contributed by atoms with Crippen LogP contribution in [-0.2, 0) is 22.1 Å². The highest BCUT2D eigenvalue weighted by Crippen LogP contribution is 2.32. The highest BCUT2D eigenvalue weighted by Gasteiger charge is 2.32. The van der Waals surface area contributed by atoms with Gasteiger partial charge in [-0.25, -0.2) is 9.78 Å². The maximum atomic E-state index is 13.2. The largest absolute Gasteiger partial charge is 0.489 e. The number of hydrogen-bond acceptors (Lipinski definition) is 8. The summed E-state index contributed by atoms with van der Waals surface area (Å²) in [5, 5.41) is 2.81. The minimum atomic E-state index is -4.56. The van der Waals surface area contributed by atoms with Gasteiger partial charge >= 0.3 is 12.1 Å². The van der Waals surface area contributed by atoms with Crippen molar-refractivity contribution in [1.82, 2.24) is 10.3 Å². The Morgan fingerprint density at radius 2 is 1.91 bits per heavy atom. The van der Waals surface area contributed by atoms with Gasteiger partial charge in [0.25, 0.3) is 5.24 Å². The maximum Gasteiger partial charge on any atom is 0.416 e. The number of nitrogens with zero attached hydrogens (tertiary/aromatic N) is 1. The lowest BCUT2D eigenvalue weighted by atomic mass is 10.1. The average Bonchev–Trinajstić information content (AvgIpc) is 3.47. The van der Waals surface area contributed by atoms with Crippen molar-refractivity contribution < 1.29 is 37.0 Å². The summed E-state index contributed by atoms with van der Waals surface area (Å²) in [6, 6.07) is 11.2. The number of esters is 1. The van der Waals surface area contributed by atoms with Crippen molar-refractivity contribution in [3.8, 4) is 5.75 Å². The Bertz CT molecular complexity index is 1220. The van der Waals surface area contributed by atoms with Crippen molar-refractivity contribution in [1.29, 1.82) is 0 Å². The van der Waals surface area contributed by atoms with E-state index in [4.69, 9.17) is 9.47 Å². The van der Waals surface area contributed by atoms with Gasteiger partial charge in [0.15, 0.2) is 11.8 Å². The number of aromatic nitrogens is 1. The Hall–Kier alpha value is -3.38. The van der Waals surface area contributed by atoms with Crippen LogP contribution < -0.4 is 10.1 Å². The number of alkyl halides is 3. The van der Waals surface area contributed by atoms with Crippen LogP contribution in [0, 0.1) is 0 Å². The van der Waals surface area contributed by atoms with Crippen LogP contribution in [0.4, 0.5) is 18.0 Å². The van der Waals surface area contributed by atoms with Crippen LogP contribution >= 0.6 is 23.1 Å². The van der Waals surface area contributed by atoms with Gasteiger partial charge in [-0.05, 0) is 41.8 Å². The summed E-state index contributed by atoms with van der Waals surface area (Å²) in [5.74, 6) is -0.740. The number of thiazole rings is 1. The van der Waals surface area contributed by atoms with Crippen LogP contribution in [0.3, 0.4) is 0 Å². The normalized spacial score (nSPS) is 16.6. The predicted octanol–water partition coefficient (Wildman–Crippen LogP) is 5.03. The molecule has 182 valence electrons. The molecule has 4 rings (SSSR count). The topological polar surface area (TPSA) is 94.6 Å². The smallest absolute Gasteiger partial charge is 0.416 e. The molecule has 1 unspecified atom stereocenters. The Labute approximate surface area is 205 Å². The molecule has 1 aromatic heterocycles. The van der Waals surface area contributed by atoms with Gasteiger partial charge in [-0.1, -0.05) is 36.0 Å². The molecule has 12 heteroatoms. The predicted molar refractivity (Wildman–Crippen MR) is 122 cm³/mol. The second kappa shape index (κ2) is 10.5. The molecular formula is C23H17F3N2O5S2. The zero-order chi connectivity index (χ0) is 25.0. The number of rotatable bonds is 8. The number of hydrogen-bond donors (Lipinski definition) is 1. The zero-order valence-electron chi connectivity index (χ0n) is 17.8. The quantitative estimate of drug-likeness (QED) is 0.415.